The molecule has 0 spiro atoms. The number of hydrogen-bond donors (Lipinski definition) is 0. The van der Waals surface area contributed by atoms with Crippen molar-refractivity contribution in [2.24, 2.45) is 0 Å². The van der Waals surface area contributed by atoms with Gasteiger partial charge in [-0.15, -0.1) is 0 Å². The minimum atomic E-state index is 0.00615. The predicted molar refractivity (Wildman–Crippen MR) is 78.6 cm³/mol. The SMILES string of the molecule is O=C(Cc1cccc(Cl)c1Cl)c1ccccc1Br. The number of carbonyl (C=O) groups excluding carboxylic acids is 1. The van der Waals surface area contributed by atoms with Gasteiger partial charge in [-0.3, -0.25) is 4.79 Å². The van der Waals surface area contributed by atoms with E-state index in [1.807, 2.05) is 24.3 Å². The van der Waals surface area contributed by atoms with Crippen LogP contribution in [0.15, 0.2) is 46.9 Å². The van der Waals surface area contributed by atoms with Gasteiger partial charge in [0.2, 0.25) is 0 Å². The molecule has 0 bridgehead atoms. The Bertz CT molecular complexity index is 596. The molecule has 0 aromatic heterocycles. The zero-order valence-corrected chi connectivity index (χ0v) is 12.4. The number of hydrogen-bond acceptors (Lipinski definition) is 1. The van der Waals surface area contributed by atoms with Gasteiger partial charge in [0.05, 0.1) is 10.0 Å². The number of carbonyl (C=O) groups is 1. The molecule has 0 saturated carbocycles. The van der Waals surface area contributed by atoms with Crippen molar-refractivity contribution >= 4 is 44.9 Å². The fourth-order valence-corrected chi connectivity index (χ4v) is 2.53. The molecule has 2 aromatic carbocycles. The van der Waals surface area contributed by atoms with E-state index in [2.05, 4.69) is 15.9 Å². The quantitative estimate of drug-likeness (QED) is 0.701. The van der Waals surface area contributed by atoms with Gasteiger partial charge in [-0.05, 0) is 17.7 Å². The zero-order valence-electron chi connectivity index (χ0n) is 9.29. The highest BCUT2D eigenvalue weighted by Gasteiger charge is 2.13. The summed E-state index contributed by atoms with van der Waals surface area (Å²) in [5.41, 5.74) is 1.39. The third-order valence-corrected chi connectivity index (χ3v) is 4.11. The number of benzene rings is 2. The monoisotopic (exact) mass is 342 g/mol. The van der Waals surface area contributed by atoms with Crippen LogP contribution >= 0.6 is 39.1 Å². The van der Waals surface area contributed by atoms with Crippen molar-refractivity contribution < 1.29 is 4.79 Å². The average Bonchev–Trinajstić information content (AvgIpc) is 2.35. The molecular formula is C14H9BrCl2O. The lowest BCUT2D eigenvalue weighted by Gasteiger charge is -2.06. The van der Waals surface area contributed by atoms with Crippen molar-refractivity contribution in [1.82, 2.24) is 0 Å². The summed E-state index contributed by atoms with van der Waals surface area (Å²) in [4.78, 5) is 12.2. The van der Waals surface area contributed by atoms with Crippen molar-refractivity contribution in [2.45, 2.75) is 6.42 Å². The van der Waals surface area contributed by atoms with Gasteiger partial charge >= 0.3 is 0 Å². The number of ketones is 1. The van der Waals surface area contributed by atoms with Crippen LogP contribution in [-0.4, -0.2) is 5.78 Å². The Balaban J connectivity index is 2.27. The summed E-state index contributed by atoms with van der Waals surface area (Å²) < 4.78 is 0.785. The second-order valence-electron chi connectivity index (χ2n) is 3.79. The van der Waals surface area contributed by atoms with Crippen LogP contribution in [-0.2, 0) is 6.42 Å². The molecule has 0 aliphatic rings. The Kier molecular flexibility index (Phi) is 4.44. The zero-order chi connectivity index (χ0) is 13.1. The normalized spacial score (nSPS) is 10.4. The summed E-state index contributed by atoms with van der Waals surface area (Å²) in [5.74, 6) is 0.00615. The van der Waals surface area contributed by atoms with Gasteiger partial charge in [0.25, 0.3) is 0 Å². The van der Waals surface area contributed by atoms with Crippen LogP contribution in [0.2, 0.25) is 10.0 Å². The Morgan fingerprint density at radius 2 is 1.78 bits per heavy atom. The fraction of sp³-hybridized carbons (Fsp3) is 0.0714. The fourth-order valence-electron chi connectivity index (χ4n) is 1.64. The Labute approximate surface area is 124 Å². The van der Waals surface area contributed by atoms with Gasteiger partial charge < -0.3 is 0 Å². The van der Waals surface area contributed by atoms with Crippen LogP contribution in [0.25, 0.3) is 0 Å². The van der Waals surface area contributed by atoms with E-state index in [1.165, 1.54) is 0 Å². The van der Waals surface area contributed by atoms with E-state index < -0.39 is 0 Å². The molecule has 0 atom stereocenters. The molecular weight excluding hydrogens is 335 g/mol. The molecule has 92 valence electrons. The molecule has 4 heteroatoms. The lowest BCUT2D eigenvalue weighted by atomic mass is 10.0. The summed E-state index contributed by atoms with van der Waals surface area (Å²) in [6.45, 7) is 0. The van der Waals surface area contributed by atoms with Crippen LogP contribution in [0.5, 0.6) is 0 Å². The van der Waals surface area contributed by atoms with Gasteiger partial charge in [-0.25, -0.2) is 0 Å². The maximum atomic E-state index is 12.2. The van der Waals surface area contributed by atoms with Crippen LogP contribution in [0.3, 0.4) is 0 Å². The van der Waals surface area contributed by atoms with Crippen molar-refractivity contribution in [2.75, 3.05) is 0 Å². The molecule has 0 heterocycles. The Hall–Kier alpha value is -0.830. The second kappa shape index (κ2) is 5.87. The molecule has 2 rings (SSSR count). The minimum Gasteiger partial charge on any atom is -0.294 e. The van der Waals surface area contributed by atoms with Crippen molar-refractivity contribution in [1.29, 1.82) is 0 Å². The predicted octanol–water partition coefficient (Wildman–Crippen LogP) is 5.18. The third kappa shape index (κ3) is 2.94. The van der Waals surface area contributed by atoms with Crippen LogP contribution in [0.4, 0.5) is 0 Å². The first kappa shape index (κ1) is 13.6. The van der Waals surface area contributed by atoms with Crippen LogP contribution < -0.4 is 0 Å². The molecule has 0 amide bonds. The molecule has 0 N–H and O–H groups in total. The van der Waals surface area contributed by atoms with Gasteiger partial charge in [-0.2, -0.15) is 0 Å². The lowest BCUT2D eigenvalue weighted by Crippen LogP contribution is -2.04. The summed E-state index contributed by atoms with van der Waals surface area (Å²) in [6.07, 6.45) is 0.238. The first-order valence-corrected chi connectivity index (χ1v) is 6.85. The van der Waals surface area contributed by atoms with E-state index in [-0.39, 0.29) is 12.2 Å². The first-order valence-electron chi connectivity index (χ1n) is 5.30. The average molecular weight is 344 g/mol. The summed E-state index contributed by atoms with van der Waals surface area (Å²) in [5, 5.41) is 0.911. The van der Waals surface area contributed by atoms with Gasteiger partial charge in [0.1, 0.15) is 0 Å². The lowest BCUT2D eigenvalue weighted by molar-refractivity contribution is 0.0992. The van der Waals surface area contributed by atoms with E-state index >= 15 is 0 Å². The molecule has 0 unspecified atom stereocenters. The summed E-state index contributed by atoms with van der Waals surface area (Å²) >= 11 is 15.4. The second-order valence-corrected chi connectivity index (χ2v) is 5.43. The van der Waals surface area contributed by atoms with Crippen LogP contribution in [0, 0.1) is 0 Å². The summed E-state index contributed by atoms with van der Waals surface area (Å²) in [7, 11) is 0. The van der Waals surface area contributed by atoms with Crippen molar-refractivity contribution in [3.63, 3.8) is 0 Å². The van der Waals surface area contributed by atoms with E-state index in [0.29, 0.717) is 15.6 Å². The largest absolute Gasteiger partial charge is 0.294 e. The molecule has 0 saturated heterocycles. The maximum absolute atomic E-state index is 12.2. The van der Waals surface area contributed by atoms with Crippen LogP contribution in [0.1, 0.15) is 15.9 Å². The number of rotatable bonds is 3. The first-order chi connectivity index (χ1) is 8.59. The Morgan fingerprint density at radius 1 is 1.06 bits per heavy atom. The van der Waals surface area contributed by atoms with Crippen molar-refractivity contribution in [3.8, 4) is 0 Å². The highest BCUT2D eigenvalue weighted by Crippen LogP contribution is 2.27. The smallest absolute Gasteiger partial charge is 0.168 e. The van der Waals surface area contributed by atoms with E-state index in [9.17, 15) is 4.79 Å². The standard InChI is InChI=1S/C14H9BrCl2O/c15-11-6-2-1-5-10(11)13(18)8-9-4-3-7-12(16)14(9)17/h1-7H,8H2. The molecule has 1 nitrogen and oxygen atoms in total. The van der Waals surface area contributed by atoms with E-state index in [0.717, 1.165) is 10.0 Å². The third-order valence-electron chi connectivity index (χ3n) is 2.56. The van der Waals surface area contributed by atoms with Crippen molar-refractivity contribution in [3.05, 3.63) is 68.1 Å². The Morgan fingerprint density at radius 3 is 2.50 bits per heavy atom. The highest BCUT2D eigenvalue weighted by molar-refractivity contribution is 9.10. The van der Waals surface area contributed by atoms with E-state index in [1.54, 1.807) is 18.2 Å². The minimum absolute atomic E-state index is 0.00615. The maximum Gasteiger partial charge on any atom is 0.168 e. The van der Waals surface area contributed by atoms with Gasteiger partial charge in [-0.1, -0.05) is 69.5 Å². The molecule has 0 aliphatic carbocycles. The summed E-state index contributed by atoms with van der Waals surface area (Å²) in [6, 6.07) is 12.6. The molecule has 0 aliphatic heterocycles. The molecule has 0 fully saturated rings. The topological polar surface area (TPSA) is 17.1 Å². The molecule has 18 heavy (non-hydrogen) atoms. The van der Waals surface area contributed by atoms with Gasteiger partial charge in [0, 0.05) is 16.5 Å². The molecule has 2 aromatic rings. The molecule has 0 radical (unpaired) electrons. The van der Waals surface area contributed by atoms with Gasteiger partial charge in [0.15, 0.2) is 5.78 Å². The number of halogens is 3. The number of Topliss-reactive ketones (excluding diaryl/α,β-unsaturated/α-hetero) is 1. The van der Waals surface area contributed by atoms with E-state index in [4.69, 9.17) is 23.2 Å². The highest BCUT2D eigenvalue weighted by atomic mass is 79.9.